The zero-order valence-electron chi connectivity index (χ0n) is 11.0. The Morgan fingerprint density at radius 1 is 1.37 bits per heavy atom. The van der Waals surface area contributed by atoms with Gasteiger partial charge in [-0.3, -0.25) is 9.59 Å². The molecule has 0 radical (unpaired) electrons. The van der Waals surface area contributed by atoms with Crippen LogP contribution in [0.3, 0.4) is 0 Å². The third-order valence-corrected chi connectivity index (χ3v) is 4.28. The first kappa shape index (κ1) is 13.9. The van der Waals surface area contributed by atoms with E-state index in [1.165, 1.54) is 17.3 Å². The van der Waals surface area contributed by atoms with Crippen LogP contribution in [0.2, 0.25) is 0 Å². The molecule has 0 bridgehead atoms. The minimum Gasteiger partial charge on any atom is -0.368 e. The number of benzene rings is 1. The maximum Gasteiger partial charge on any atom is 0.240 e. The number of rotatable bonds is 4. The predicted octanol–water partition coefficient (Wildman–Crippen LogP) is 1.56. The van der Waals surface area contributed by atoms with Crippen molar-refractivity contribution in [3.05, 3.63) is 29.8 Å². The smallest absolute Gasteiger partial charge is 0.240 e. The first-order valence-electron chi connectivity index (χ1n) is 6.36. The molecule has 0 aromatic heterocycles. The fourth-order valence-corrected chi connectivity index (χ4v) is 3.01. The van der Waals surface area contributed by atoms with E-state index in [1.807, 2.05) is 31.2 Å². The van der Waals surface area contributed by atoms with Crippen molar-refractivity contribution in [3.63, 3.8) is 0 Å². The number of hydrogen-bond donors (Lipinski definition) is 1. The SMILES string of the molecule is Cc1ccc(SCC(=O)N2CCC[C@H]2C(N)=O)cc1. The molecule has 1 heterocycles. The van der Waals surface area contributed by atoms with Gasteiger partial charge in [-0.1, -0.05) is 17.7 Å². The van der Waals surface area contributed by atoms with Crippen LogP contribution in [0.1, 0.15) is 18.4 Å². The molecule has 2 amide bonds. The van der Waals surface area contributed by atoms with E-state index < -0.39 is 11.9 Å². The lowest BCUT2D eigenvalue weighted by atomic mass is 10.2. The molecule has 1 saturated heterocycles. The Morgan fingerprint density at radius 3 is 2.68 bits per heavy atom. The number of nitrogens with zero attached hydrogens (tertiary/aromatic N) is 1. The van der Waals surface area contributed by atoms with Gasteiger partial charge in [0.2, 0.25) is 11.8 Å². The second-order valence-electron chi connectivity index (χ2n) is 4.75. The lowest BCUT2D eigenvalue weighted by molar-refractivity contribution is -0.135. The monoisotopic (exact) mass is 278 g/mol. The largest absolute Gasteiger partial charge is 0.368 e. The van der Waals surface area contributed by atoms with Gasteiger partial charge >= 0.3 is 0 Å². The maximum atomic E-state index is 12.1. The zero-order chi connectivity index (χ0) is 13.8. The van der Waals surface area contributed by atoms with Gasteiger partial charge in [-0.15, -0.1) is 11.8 Å². The summed E-state index contributed by atoms with van der Waals surface area (Å²) in [6, 6.07) is 7.64. The summed E-state index contributed by atoms with van der Waals surface area (Å²) in [7, 11) is 0. The van der Waals surface area contributed by atoms with Crippen LogP contribution in [0, 0.1) is 6.92 Å². The van der Waals surface area contributed by atoms with Crippen LogP contribution in [0.25, 0.3) is 0 Å². The molecule has 1 aliphatic heterocycles. The van der Waals surface area contributed by atoms with Crippen LogP contribution < -0.4 is 5.73 Å². The Labute approximate surface area is 117 Å². The summed E-state index contributed by atoms with van der Waals surface area (Å²) in [5.41, 5.74) is 6.51. The molecular weight excluding hydrogens is 260 g/mol. The van der Waals surface area contributed by atoms with Crippen LogP contribution in [-0.2, 0) is 9.59 Å². The van der Waals surface area contributed by atoms with Crippen molar-refractivity contribution in [1.82, 2.24) is 4.90 Å². The highest BCUT2D eigenvalue weighted by atomic mass is 32.2. The van der Waals surface area contributed by atoms with Gasteiger partial charge in [-0.05, 0) is 31.9 Å². The lowest BCUT2D eigenvalue weighted by Gasteiger charge is -2.21. The van der Waals surface area contributed by atoms with Gasteiger partial charge in [0.1, 0.15) is 6.04 Å². The average Bonchev–Trinajstić information content (AvgIpc) is 2.87. The van der Waals surface area contributed by atoms with Gasteiger partial charge in [0.25, 0.3) is 0 Å². The van der Waals surface area contributed by atoms with E-state index in [1.54, 1.807) is 4.90 Å². The van der Waals surface area contributed by atoms with Crippen molar-refractivity contribution in [2.24, 2.45) is 5.73 Å². The van der Waals surface area contributed by atoms with Crippen LogP contribution in [0.5, 0.6) is 0 Å². The Morgan fingerprint density at radius 2 is 2.05 bits per heavy atom. The van der Waals surface area contributed by atoms with Crippen molar-refractivity contribution in [2.45, 2.75) is 30.7 Å². The molecule has 102 valence electrons. The van der Waals surface area contributed by atoms with Gasteiger partial charge in [-0.2, -0.15) is 0 Å². The average molecular weight is 278 g/mol. The molecule has 0 saturated carbocycles. The molecule has 4 nitrogen and oxygen atoms in total. The minimum atomic E-state index is -0.411. The van der Waals surface area contributed by atoms with E-state index in [2.05, 4.69) is 0 Å². The van der Waals surface area contributed by atoms with Gasteiger partial charge in [0.05, 0.1) is 5.75 Å². The molecular formula is C14H18N2O2S. The normalized spacial score (nSPS) is 18.6. The summed E-state index contributed by atoms with van der Waals surface area (Å²) in [5.74, 6) is -0.0506. The maximum absolute atomic E-state index is 12.1. The second-order valence-corrected chi connectivity index (χ2v) is 5.80. The van der Waals surface area contributed by atoms with Gasteiger partial charge < -0.3 is 10.6 Å². The molecule has 0 spiro atoms. The number of amides is 2. The Bertz CT molecular complexity index is 473. The molecule has 19 heavy (non-hydrogen) atoms. The Balaban J connectivity index is 1.90. The van der Waals surface area contributed by atoms with Gasteiger partial charge in [-0.25, -0.2) is 0 Å². The van der Waals surface area contributed by atoms with Crippen LogP contribution in [0.4, 0.5) is 0 Å². The minimum absolute atomic E-state index is 0.00752. The van der Waals surface area contributed by atoms with E-state index in [-0.39, 0.29) is 5.91 Å². The lowest BCUT2D eigenvalue weighted by Crippen LogP contribution is -2.44. The van der Waals surface area contributed by atoms with Crippen molar-refractivity contribution in [2.75, 3.05) is 12.3 Å². The van der Waals surface area contributed by atoms with Crippen molar-refractivity contribution < 1.29 is 9.59 Å². The van der Waals surface area contributed by atoms with E-state index >= 15 is 0 Å². The molecule has 1 aliphatic rings. The Hall–Kier alpha value is -1.49. The van der Waals surface area contributed by atoms with Crippen molar-refractivity contribution >= 4 is 23.6 Å². The van der Waals surface area contributed by atoms with E-state index in [4.69, 9.17) is 5.73 Å². The van der Waals surface area contributed by atoms with Crippen LogP contribution >= 0.6 is 11.8 Å². The van der Waals surface area contributed by atoms with E-state index in [9.17, 15) is 9.59 Å². The summed E-state index contributed by atoms with van der Waals surface area (Å²) in [4.78, 5) is 26.0. The highest BCUT2D eigenvalue weighted by Crippen LogP contribution is 2.22. The molecule has 2 N–H and O–H groups in total. The standard InChI is InChI=1S/C14H18N2O2S/c1-10-4-6-11(7-5-10)19-9-13(17)16-8-2-3-12(16)14(15)18/h4-7,12H,2-3,8-9H2,1H3,(H2,15,18)/t12-/m0/s1. The summed E-state index contributed by atoms with van der Waals surface area (Å²) >= 11 is 1.49. The van der Waals surface area contributed by atoms with Crippen LogP contribution in [0.15, 0.2) is 29.2 Å². The van der Waals surface area contributed by atoms with Crippen LogP contribution in [-0.4, -0.2) is 35.1 Å². The summed E-state index contributed by atoms with van der Waals surface area (Å²) < 4.78 is 0. The number of hydrogen-bond acceptors (Lipinski definition) is 3. The summed E-state index contributed by atoms with van der Waals surface area (Å²) in [6.45, 7) is 2.67. The first-order valence-corrected chi connectivity index (χ1v) is 7.35. The third kappa shape index (κ3) is 3.50. The van der Waals surface area contributed by atoms with Gasteiger partial charge in [0, 0.05) is 11.4 Å². The number of likely N-dealkylation sites (tertiary alicyclic amines) is 1. The molecule has 1 aromatic rings. The van der Waals surface area contributed by atoms with Crippen molar-refractivity contribution in [3.8, 4) is 0 Å². The predicted molar refractivity (Wildman–Crippen MR) is 75.8 cm³/mol. The summed E-state index contributed by atoms with van der Waals surface area (Å²) in [5, 5.41) is 0. The highest BCUT2D eigenvalue weighted by molar-refractivity contribution is 8.00. The number of thioether (sulfide) groups is 1. The highest BCUT2D eigenvalue weighted by Gasteiger charge is 2.32. The number of nitrogens with two attached hydrogens (primary N) is 1. The third-order valence-electron chi connectivity index (χ3n) is 3.28. The fourth-order valence-electron chi connectivity index (χ4n) is 2.22. The molecule has 0 unspecified atom stereocenters. The molecule has 1 aromatic carbocycles. The fraction of sp³-hybridized carbons (Fsp3) is 0.429. The molecule has 1 atom stereocenters. The number of aryl methyl sites for hydroxylation is 1. The topological polar surface area (TPSA) is 63.4 Å². The van der Waals surface area contributed by atoms with E-state index in [0.717, 1.165) is 11.3 Å². The van der Waals surface area contributed by atoms with E-state index in [0.29, 0.717) is 18.7 Å². The quantitative estimate of drug-likeness (QED) is 0.850. The summed E-state index contributed by atoms with van der Waals surface area (Å²) in [6.07, 6.45) is 1.55. The second kappa shape index (κ2) is 6.10. The molecule has 0 aliphatic carbocycles. The molecule has 2 rings (SSSR count). The number of carbonyl (C=O) groups is 2. The first-order chi connectivity index (χ1) is 9.08. The molecule has 1 fully saturated rings. The van der Waals surface area contributed by atoms with Crippen molar-refractivity contribution in [1.29, 1.82) is 0 Å². The molecule has 5 heteroatoms. The zero-order valence-corrected chi connectivity index (χ0v) is 11.8. The number of primary amides is 1. The van der Waals surface area contributed by atoms with Gasteiger partial charge in [0.15, 0.2) is 0 Å². The number of carbonyl (C=O) groups excluding carboxylic acids is 2. The Kier molecular flexibility index (Phi) is 4.47.